The Balaban J connectivity index is 2.14. The average molecular weight is 504 g/mol. The van der Waals surface area contributed by atoms with Crippen LogP contribution in [0.15, 0.2) is 47.3 Å². The van der Waals surface area contributed by atoms with Gasteiger partial charge in [0, 0.05) is 18.1 Å². The molecule has 7 nitrogen and oxygen atoms in total. The summed E-state index contributed by atoms with van der Waals surface area (Å²) in [6.45, 7) is 6.28. The number of nitrogens with zero attached hydrogens (tertiary/aromatic N) is 3. The van der Waals surface area contributed by atoms with Crippen molar-refractivity contribution in [2.24, 2.45) is 5.92 Å². The molecule has 1 unspecified atom stereocenters. The number of esters is 1. The molecule has 2 aromatic carbocycles. The first-order chi connectivity index (χ1) is 16.1. The third-order valence-electron chi connectivity index (χ3n) is 5.48. The van der Waals surface area contributed by atoms with E-state index in [0.717, 1.165) is 0 Å². The van der Waals surface area contributed by atoms with Crippen LogP contribution in [0.3, 0.4) is 0 Å². The van der Waals surface area contributed by atoms with E-state index in [0.29, 0.717) is 33.9 Å². The zero-order valence-corrected chi connectivity index (χ0v) is 21.1. The second kappa shape index (κ2) is 11.0. The van der Waals surface area contributed by atoms with Gasteiger partial charge in [0.05, 0.1) is 41.1 Å². The van der Waals surface area contributed by atoms with E-state index >= 15 is 0 Å². The molecule has 0 N–H and O–H groups in total. The summed E-state index contributed by atoms with van der Waals surface area (Å²) < 4.78 is 6.21. The van der Waals surface area contributed by atoms with Crippen molar-refractivity contribution in [3.05, 3.63) is 74.3 Å². The van der Waals surface area contributed by atoms with Gasteiger partial charge in [-0.2, -0.15) is 0 Å². The van der Waals surface area contributed by atoms with Crippen molar-refractivity contribution < 1.29 is 14.3 Å². The molecule has 3 rings (SSSR count). The van der Waals surface area contributed by atoms with Crippen LogP contribution < -0.4 is 5.56 Å². The Bertz CT molecular complexity index is 1270. The van der Waals surface area contributed by atoms with Crippen molar-refractivity contribution in [3.63, 3.8) is 0 Å². The molecule has 0 spiro atoms. The molecule has 0 fully saturated rings. The smallest absolute Gasteiger partial charge is 0.307 e. The quantitative estimate of drug-likeness (QED) is 0.398. The number of methoxy groups -OCH3 is 1. The summed E-state index contributed by atoms with van der Waals surface area (Å²) >= 11 is 12.4. The second-order valence-electron chi connectivity index (χ2n) is 8.42. The van der Waals surface area contributed by atoms with Gasteiger partial charge in [-0.15, -0.1) is 0 Å². The molecule has 9 heteroatoms. The number of carbonyl (C=O) groups is 2. The maximum Gasteiger partial charge on any atom is 0.307 e. The Labute approximate surface area is 208 Å². The summed E-state index contributed by atoms with van der Waals surface area (Å²) in [6.07, 6.45) is -0.00269. The number of hydrogen-bond donors (Lipinski definition) is 0. The van der Waals surface area contributed by atoms with Crippen LogP contribution >= 0.6 is 23.2 Å². The number of aromatic nitrogens is 2. The van der Waals surface area contributed by atoms with Gasteiger partial charge in [-0.1, -0.05) is 49.2 Å². The monoisotopic (exact) mass is 503 g/mol. The van der Waals surface area contributed by atoms with E-state index in [1.165, 1.54) is 17.7 Å². The topological polar surface area (TPSA) is 81.5 Å². The number of carbonyl (C=O) groups excluding carboxylic acids is 2. The second-order valence-corrected chi connectivity index (χ2v) is 9.27. The van der Waals surface area contributed by atoms with Gasteiger partial charge in [-0.25, -0.2) is 4.98 Å². The first-order valence-corrected chi connectivity index (χ1v) is 11.7. The molecule has 0 aliphatic rings. The van der Waals surface area contributed by atoms with Gasteiger partial charge in [0.2, 0.25) is 0 Å². The molecular formula is C25H27Cl2N3O4. The Hall–Kier alpha value is -2.90. The molecule has 180 valence electrons. The molecular weight excluding hydrogens is 477 g/mol. The summed E-state index contributed by atoms with van der Waals surface area (Å²) in [5, 5.41) is 1.11. The fraction of sp³-hybridized carbons (Fsp3) is 0.360. The van der Waals surface area contributed by atoms with Crippen molar-refractivity contribution in [3.8, 4) is 0 Å². The lowest BCUT2D eigenvalue weighted by atomic mass is 10.1. The zero-order valence-electron chi connectivity index (χ0n) is 19.5. The lowest BCUT2D eigenvalue weighted by molar-refractivity contribution is -0.140. The molecule has 1 amide bonds. The van der Waals surface area contributed by atoms with Gasteiger partial charge < -0.3 is 9.64 Å². The number of ether oxygens (including phenoxy) is 1. The minimum atomic E-state index is -0.586. The van der Waals surface area contributed by atoms with E-state index in [-0.39, 0.29) is 35.4 Å². The predicted molar refractivity (Wildman–Crippen MR) is 133 cm³/mol. The van der Waals surface area contributed by atoms with E-state index in [2.05, 4.69) is 0 Å². The Morgan fingerprint density at radius 3 is 2.47 bits per heavy atom. The zero-order chi connectivity index (χ0) is 25.0. The van der Waals surface area contributed by atoms with Crippen LogP contribution in [-0.2, 0) is 16.1 Å². The number of benzene rings is 2. The van der Waals surface area contributed by atoms with Crippen molar-refractivity contribution in [1.82, 2.24) is 14.5 Å². The third-order valence-corrected chi connectivity index (χ3v) is 6.03. The number of rotatable bonds is 8. The van der Waals surface area contributed by atoms with Crippen LogP contribution in [0, 0.1) is 5.92 Å². The first-order valence-electron chi connectivity index (χ1n) is 11.0. The average Bonchev–Trinajstić information content (AvgIpc) is 2.80. The van der Waals surface area contributed by atoms with Crippen molar-refractivity contribution in [2.75, 3.05) is 13.7 Å². The fourth-order valence-electron chi connectivity index (χ4n) is 3.79. The highest BCUT2D eigenvalue weighted by Crippen LogP contribution is 2.28. The van der Waals surface area contributed by atoms with E-state index in [1.54, 1.807) is 41.3 Å². The molecule has 1 aromatic heterocycles. The number of amides is 1. The maximum atomic E-state index is 13.6. The highest BCUT2D eigenvalue weighted by molar-refractivity contribution is 6.36. The minimum absolute atomic E-state index is 0.00269. The number of fused-ring (bicyclic) bond motifs is 1. The van der Waals surface area contributed by atoms with Gasteiger partial charge in [-0.3, -0.25) is 19.0 Å². The van der Waals surface area contributed by atoms with Crippen LogP contribution in [0.2, 0.25) is 10.0 Å². The summed E-state index contributed by atoms with van der Waals surface area (Å²) in [5.41, 5.74) is 0.547. The van der Waals surface area contributed by atoms with Crippen LogP contribution in [0.25, 0.3) is 10.9 Å². The molecule has 0 radical (unpaired) electrons. The molecule has 3 aromatic rings. The molecule has 34 heavy (non-hydrogen) atoms. The van der Waals surface area contributed by atoms with Crippen molar-refractivity contribution in [1.29, 1.82) is 0 Å². The predicted octanol–water partition coefficient (Wildman–Crippen LogP) is 5.13. The lowest BCUT2D eigenvalue weighted by Crippen LogP contribution is -2.40. The fourth-order valence-corrected chi connectivity index (χ4v) is 4.28. The van der Waals surface area contributed by atoms with Gasteiger partial charge in [0.1, 0.15) is 5.82 Å². The molecule has 0 aliphatic carbocycles. The van der Waals surface area contributed by atoms with Crippen LogP contribution in [-0.4, -0.2) is 40.0 Å². The molecule has 0 aliphatic heterocycles. The van der Waals surface area contributed by atoms with E-state index in [9.17, 15) is 14.4 Å². The minimum Gasteiger partial charge on any atom is -0.469 e. The Morgan fingerprint density at radius 2 is 1.82 bits per heavy atom. The summed E-state index contributed by atoms with van der Waals surface area (Å²) in [7, 11) is 1.30. The van der Waals surface area contributed by atoms with Gasteiger partial charge in [0.15, 0.2) is 0 Å². The van der Waals surface area contributed by atoms with Crippen molar-refractivity contribution in [2.45, 2.75) is 39.8 Å². The van der Waals surface area contributed by atoms with E-state index in [4.69, 9.17) is 32.9 Å². The highest BCUT2D eigenvalue weighted by atomic mass is 35.5. The third kappa shape index (κ3) is 5.59. The van der Waals surface area contributed by atoms with E-state index < -0.39 is 12.0 Å². The van der Waals surface area contributed by atoms with Gasteiger partial charge in [0.25, 0.3) is 11.5 Å². The summed E-state index contributed by atoms with van der Waals surface area (Å²) in [5.74, 6) is -0.230. The highest BCUT2D eigenvalue weighted by Gasteiger charge is 2.29. The molecule has 1 atom stereocenters. The largest absolute Gasteiger partial charge is 0.469 e. The van der Waals surface area contributed by atoms with Crippen LogP contribution in [0.1, 0.15) is 49.4 Å². The maximum absolute atomic E-state index is 13.6. The van der Waals surface area contributed by atoms with E-state index in [1.807, 2.05) is 20.8 Å². The number of hydrogen-bond acceptors (Lipinski definition) is 5. The molecule has 0 saturated heterocycles. The Morgan fingerprint density at radius 1 is 1.12 bits per heavy atom. The van der Waals surface area contributed by atoms with Gasteiger partial charge >= 0.3 is 5.97 Å². The Kier molecular flexibility index (Phi) is 8.33. The van der Waals surface area contributed by atoms with Crippen LogP contribution in [0.5, 0.6) is 0 Å². The van der Waals surface area contributed by atoms with Gasteiger partial charge in [-0.05, 0) is 43.2 Å². The lowest BCUT2D eigenvalue weighted by Gasteiger charge is -2.32. The summed E-state index contributed by atoms with van der Waals surface area (Å²) in [4.78, 5) is 45.2. The summed E-state index contributed by atoms with van der Waals surface area (Å²) in [6, 6.07) is 11.1. The number of halogens is 2. The number of para-hydroxylation sites is 1. The normalized spacial score (nSPS) is 12.1. The van der Waals surface area contributed by atoms with Crippen molar-refractivity contribution >= 4 is 46.0 Å². The molecule has 1 heterocycles. The SMILES string of the molecule is COC(=O)CCn1c(C(C)N(CC(C)C)C(=O)c2ccc(Cl)cc2Cl)nc2ccccc2c1=O. The van der Waals surface area contributed by atoms with Crippen LogP contribution in [0.4, 0.5) is 0 Å². The molecule has 0 saturated carbocycles. The first kappa shape index (κ1) is 25.7. The standard InChI is InChI=1S/C25H27Cl2N3O4/c1-15(2)14-30(24(32)18-10-9-17(26)13-20(18)27)16(3)23-28-21-8-6-5-7-19(21)25(33)29(23)12-11-22(31)34-4/h5-10,13,15-16H,11-12,14H2,1-4H3. The molecule has 0 bridgehead atoms.